The average Bonchev–Trinajstić information content (AvgIpc) is 2.76. The van der Waals surface area contributed by atoms with Gasteiger partial charge in [-0.25, -0.2) is 0 Å². The number of H-pyrrole nitrogens is 1. The molecular weight excluding hydrogens is 254 g/mol. The minimum atomic E-state index is -0.636. The molecule has 2 aromatic rings. The fraction of sp³-hybridized carbons (Fsp3) is 0.438. The van der Waals surface area contributed by atoms with Crippen LogP contribution in [0.1, 0.15) is 38.0 Å². The second-order valence-corrected chi connectivity index (χ2v) is 5.87. The van der Waals surface area contributed by atoms with Crippen LogP contribution in [-0.2, 0) is 9.53 Å². The highest BCUT2D eigenvalue weighted by Crippen LogP contribution is 2.37. The highest BCUT2D eigenvalue weighted by atomic mass is 16.5. The van der Waals surface area contributed by atoms with Crippen LogP contribution >= 0.6 is 0 Å². The van der Waals surface area contributed by atoms with Crippen LogP contribution < -0.4 is 4.74 Å². The van der Waals surface area contributed by atoms with E-state index in [0.717, 1.165) is 28.3 Å². The second kappa shape index (κ2) is 5.29. The number of aromatic amines is 1. The standard InChI is InChI=1S/C16H21NO3/c1-10-8-17-12-7-6-11(15(19-5)14(10)12)13(9-18)20-16(2,3)4/h6-9,13,17H,1-5H3. The van der Waals surface area contributed by atoms with Crippen LogP contribution in [0.3, 0.4) is 0 Å². The SMILES string of the molecule is COc1c(C(C=O)OC(C)(C)C)ccc2[nH]cc(C)c12. The number of ether oxygens (including phenoxy) is 2. The third kappa shape index (κ3) is 2.70. The van der Waals surface area contributed by atoms with E-state index in [4.69, 9.17) is 9.47 Å². The van der Waals surface area contributed by atoms with Gasteiger partial charge in [0.1, 0.15) is 11.9 Å². The Balaban J connectivity index is 2.57. The van der Waals surface area contributed by atoms with Crippen molar-refractivity contribution in [2.24, 2.45) is 0 Å². The molecule has 108 valence electrons. The molecule has 0 radical (unpaired) electrons. The number of fused-ring (bicyclic) bond motifs is 1. The van der Waals surface area contributed by atoms with Crippen molar-refractivity contribution in [3.8, 4) is 5.75 Å². The predicted octanol–water partition coefficient (Wildman–Crippen LogP) is 3.54. The van der Waals surface area contributed by atoms with E-state index in [-0.39, 0.29) is 0 Å². The number of carbonyl (C=O) groups excluding carboxylic acids is 1. The molecule has 0 aliphatic rings. The van der Waals surface area contributed by atoms with E-state index in [2.05, 4.69) is 4.98 Å². The van der Waals surface area contributed by atoms with Gasteiger partial charge in [0.2, 0.25) is 0 Å². The van der Waals surface area contributed by atoms with Crippen LogP contribution in [0.2, 0.25) is 0 Å². The molecule has 0 spiro atoms. The zero-order chi connectivity index (χ0) is 14.9. The first kappa shape index (κ1) is 14.6. The van der Waals surface area contributed by atoms with Crippen molar-refractivity contribution in [1.29, 1.82) is 0 Å². The lowest BCUT2D eigenvalue weighted by molar-refractivity contribution is -0.128. The lowest BCUT2D eigenvalue weighted by Crippen LogP contribution is -2.23. The van der Waals surface area contributed by atoms with Crippen molar-refractivity contribution in [3.05, 3.63) is 29.5 Å². The molecule has 0 aliphatic heterocycles. The zero-order valence-corrected chi connectivity index (χ0v) is 12.6. The number of hydrogen-bond acceptors (Lipinski definition) is 3. The number of hydrogen-bond donors (Lipinski definition) is 1. The predicted molar refractivity (Wildman–Crippen MR) is 79.2 cm³/mol. The molecule has 1 aromatic heterocycles. The monoisotopic (exact) mass is 275 g/mol. The number of aryl methyl sites for hydroxylation is 1. The minimum absolute atomic E-state index is 0.404. The van der Waals surface area contributed by atoms with Crippen molar-refractivity contribution < 1.29 is 14.3 Å². The van der Waals surface area contributed by atoms with Crippen LogP contribution in [0.15, 0.2) is 18.3 Å². The first-order valence-electron chi connectivity index (χ1n) is 6.65. The molecular formula is C16H21NO3. The maximum absolute atomic E-state index is 11.4. The van der Waals surface area contributed by atoms with E-state index < -0.39 is 11.7 Å². The molecule has 1 aromatic carbocycles. The van der Waals surface area contributed by atoms with Gasteiger partial charge in [-0.2, -0.15) is 0 Å². The molecule has 2 rings (SSSR count). The summed E-state index contributed by atoms with van der Waals surface area (Å²) in [4.78, 5) is 14.6. The van der Waals surface area contributed by atoms with Crippen molar-refractivity contribution in [1.82, 2.24) is 4.98 Å². The molecule has 0 aliphatic carbocycles. The average molecular weight is 275 g/mol. The number of methoxy groups -OCH3 is 1. The van der Waals surface area contributed by atoms with Gasteiger partial charge in [-0.1, -0.05) is 6.07 Å². The molecule has 4 heteroatoms. The molecule has 1 atom stereocenters. The number of rotatable bonds is 4. The molecule has 0 saturated heterocycles. The summed E-state index contributed by atoms with van der Waals surface area (Å²) in [7, 11) is 1.61. The highest BCUT2D eigenvalue weighted by Gasteiger charge is 2.24. The van der Waals surface area contributed by atoms with Gasteiger partial charge < -0.3 is 19.3 Å². The molecule has 0 amide bonds. The normalized spacial score (nSPS) is 13.4. The maximum Gasteiger partial charge on any atom is 0.153 e. The number of nitrogens with one attached hydrogen (secondary N) is 1. The van der Waals surface area contributed by atoms with Crippen LogP contribution in [0, 0.1) is 6.92 Å². The molecule has 1 N–H and O–H groups in total. The summed E-state index contributed by atoms with van der Waals surface area (Å²) >= 11 is 0. The molecule has 4 nitrogen and oxygen atoms in total. The summed E-state index contributed by atoms with van der Waals surface area (Å²) in [6.07, 6.45) is 2.11. The fourth-order valence-corrected chi connectivity index (χ4v) is 2.36. The zero-order valence-electron chi connectivity index (χ0n) is 12.6. The van der Waals surface area contributed by atoms with Gasteiger partial charge in [0.15, 0.2) is 6.29 Å². The number of carbonyl (C=O) groups is 1. The Kier molecular flexibility index (Phi) is 3.86. The van der Waals surface area contributed by atoms with E-state index in [1.54, 1.807) is 7.11 Å². The lowest BCUT2D eigenvalue weighted by atomic mass is 10.0. The van der Waals surface area contributed by atoms with Crippen LogP contribution in [0.4, 0.5) is 0 Å². The Labute approximate surface area is 119 Å². The van der Waals surface area contributed by atoms with Gasteiger partial charge in [-0.15, -0.1) is 0 Å². The quantitative estimate of drug-likeness (QED) is 0.868. The van der Waals surface area contributed by atoms with Gasteiger partial charge in [0.25, 0.3) is 0 Å². The molecule has 0 fully saturated rings. The summed E-state index contributed by atoms with van der Waals surface area (Å²) in [5.74, 6) is 0.697. The van der Waals surface area contributed by atoms with Crippen molar-refractivity contribution in [2.45, 2.75) is 39.4 Å². The first-order chi connectivity index (χ1) is 9.37. The summed E-state index contributed by atoms with van der Waals surface area (Å²) in [6.45, 7) is 7.79. The minimum Gasteiger partial charge on any atom is -0.496 e. The Hall–Kier alpha value is -1.81. The van der Waals surface area contributed by atoms with Gasteiger partial charge in [-0.3, -0.25) is 0 Å². The molecule has 0 bridgehead atoms. The van der Waals surface area contributed by atoms with Crippen molar-refractivity contribution >= 4 is 17.2 Å². The fourth-order valence-electron chi connectivity index (χ4n) is 2.36. The Morgan fingerprint density at radius 2 is 2.00 bits per heavy atom. The first-order valence-corrected chi connectivity index (χ1v) is 6.65. The molecule has 20 heavy (non-hydrogen) atoms. The topological polar surface area (TPSA) is 51.3 Å². The Bertz CT molecular complexity index is 622. The number of aldehydes is 1. The summed E-state index contributed by atoms with van der Waals surface area (Å²) in [6, 6.07) is 3.82. The van der Waals surface area contributed by atoms with E-state index in [1.807, 2.05) is 46.0 Å². The highest BCUT2D eigenvalue weighted by molar-refractivity contribution is 5.91. The van der Waals surface area contributed by atoms with Gasteiger partial charge in [-0.05, 0) is 39.3 Å². The number of aromatic nitrogens is 1. The number of benzene rings is 1. The van der Waals surface area contributed by atoms with E-state index in [0.29, 0.717) is 5.75 Å². The van der Waals surface area contributed by atoms with Gasteiger partial charge >= 0.3 is 0 Å². The summed E-state index contributed by atoms with van der Waals surface area (Å²) in [5.41, 5.74) is 2.42. The third-order valence-corrected chi connectivity index (χ3v) is 3.14. The molecule has 1 unspecified atom stereocenters. The van der Waals surface area contributed by atoms with Crippen LogP contribution in [-0.4, -0.2) is 24.0 Å². The van der Waals surface area contributed by atoms with E-state index in [9.17, 15) is 4.79 Å². The third-order valence-electron chi connectivity index (χ3n) is 3.14. The molecule has 1 heterocycles. The van der Waals surface area contributed by atoms with Crippen molar-refractivity contribution in [3.63, 3.8) is 0 Å². The smallest absolute Gasteiger partial charge is 0.153 e. The largest absolute Gasteiger partial charge is 0.496 e. The van der Waals surface area contributed by atoms with Gasteiger partial charge in [0.05, 0.1) is 12.7 Å². The Morgan fingerprint density at radius 3 is 2.55 bits per heavy atom. The van der Waals surface area contributed by atoms with Crippen molar-refractivity contribution in [2.75, 3.05) is 7.11 Å². The van der Waals surface area contributed by atoms with Gasteiger partial charge in [0, 0.05) is 22.7 Å². The maximum atomic E-state index is 11.4. The Morgan fingerprint density at radius 1 is 1.30 bits per heavy atom. The van der Waals surface area contributed by atoms with Crippen LogP contribution in [0.5, 0.6) is 5.75 Å². The second-order valence-electron chi connectivity index (χ2n) is 5.87. The van der Waals surface area contributed by atoms with E-state index in [1.165, 1.54) is 0 Å². The molecule has 0 saturated carbocycles. The summed E-state index contributed by atoms with van der Waals surface area (Å²) in [5, 5.41) is 0.995. The van der Waals surface area contributed by atoms with E-state index >= 15 is 0 Å². The lowest BCUT2D eigenvalue weighted by Gasteiger charge is -2.25. The van der Waals surface area contributed by atoms with Crippen LogP contribution in [0.25, 0.3) is 10.9 Å². The summed E-state index contributed by atoms with van der Waals surface area (Å²) < 4.78 is 11.4.